The van der Waals surface area contributed by atoms with Gasteiger partial charge < -0.3 is 10.0 Å². The summed E-state index contributed by atoms with van der Waals surface area (Å²) in [6.45, 7) is 1.50. The van der Waals surface area contributed by atoms with E-state index in [4.69, 9.17) is 5.11 Å². The van der Waals surface area contributed by atoms with E-state index < -0.39 is 5.97 Å². The van der Waals surface area contributed by atoms with Crippen molar-refractivity contribution in [3.05, 3.63) is 42.2 Å². The van der Waals surface area contributed by atoms with Crippen LogP contribution in [0.4, 0.5) is 0 Å². The molecule has 16 heavy (non-hydrogen) atoms. The van der Waals surface area contributed by atoms with Gasteiger partial charge in [0.2, 0.25) is 0 Å². The number of carbonyl (C=O) groups is 1. The van der Waals surface area contributed by atoms with E-state index in [0.717, 1.165) is 24.7 Å². The van der Waals surface area contributed by atoms with E-state index in [-0.39, 0.29) is 0 Å². The molecule has 0 radical (unpaired) electrons. The lowest BCUT2D eigenvalue weighted by atomic mass is 10.2. The first kappa shape index (κ1) is 12.4. The molecule has 86 valence electrons. The van der Waals surface area contributed by atoms with Gasteiger partial charge in [0.25, 0.3) is 0 Å². The highest BCUT2D eigenvalue weighted by Crippen LogP contribution is 1.96. The number of pyridine rings is 1. The van der Waals surface area contributed by atoms with Gasteiger partial charge >= 0.3 is 5.97 Å². The van der Waals surface area contributed by atoms with Gasteiger partial charge in [0, 0.05) is 37.5 Å². The molecule has 0 aliphatic rings. The van der Waals surface area contributed by atoms with E-state index in [0.29, 0.717) is 6.54 Å². The average Bonchev–Trinajstić information content (AvgIpc) is 2.27. The van der Waals surface area contributed by atoms with Crippen LogP contribution >= 0.6 is 0 Å². The maximum absolute atomic E-state index is 10.2. The molecule has 1 aromatic rings. The fourth-order valence-corrected chi connectivity index (χ4v) is 1.28. The quantitative estimate of drug-likeness (QED) is 0.732. The molecule has 1 rings (SSSR count). The van der Waals surface area contributed by atoms with Crippen molar-refractivity contribution >= 4 is 5.97 Å². The van der Waals surface area contributed by atoms with Gasteiger partial charge in [0.1, 0.15) is 0 Å². The van der Waals surface area contributed by atoms with Crippen LogP contribution in [0, 0.1) is 0 Å². The Balaban J connectivity index is 2.25. The van der Waals surface area contributed by atoms with Crippen LogP contribution in [0.3, 0.4) is 0 Å². The molecule has 0 amide bonds. The van der Waals surface area contributed by atoms with Crippen molar-refractivity contribution < 1.29 is 9.90 Å². The van der Waals surface area contributed by atoms with E-state index in [2.05, 4.69) is 4.98 Å². The number of rotatable bonds is 6. The van der Waals surface area contributed by atoms with E-state index in [1.54, 1.807) is 12.3 Å². The molecule has 1 aromatic heterocycles. The van der Waals surface area contributed by atoms with Crippen LogP contribution in [-0.4, -0.2) is 41.1 Å². The molecule has 0 aliphatic heterocycles. The lowest BCUT2D eigenvalue weighted by Gasteiger charge is -2.13. The first-order chi connectivity index (χ1) is 7.68. The number of likely N-dealkylation sites (N-methyl/N-ethyl adjacent to an activating group) is 1. The zero-order valence-corrected chi connectivity index (χ0v) is 9.34. The van der Waals surface area contributed by atoms with Gasteiger partial charge in [-0.1, -0.05) is 12.1 Å². The molecule has 0 unspecified atom stereocenters. The number of hydrogen-bond donors (Lipinski definition) is 1. The van der Waals surface area contributed by atoms with E-state index >= 15 is 0 Å². The second-order valence-electron chi connectivity index (χ2n) is 3.57. The molecule has 4 heteroatoms. The third kappa shape index (κ3) is 5.26. The van der Waals surface area contributed by atoms with Gasteiger partial charge in [-0.05, 0) is 19.2 Å². The molecule has 0 atom stereocenters. The minimum Gasteiger partial charge on any atom is -0.478 e. The summed E-state index contributed by atoms with van der Waals surface area (Å²) in [4.78, 5) is 16.5. The highest BCUT2D eigenvalue weighted by Gasteiger charge is 1.98. The maximum Gasteiger partial charge on any atom is 0.328 e. The fourth-order valence-electron chi connectivity index (χ4n) is 1.28. The summed E-state index contributed by atoms with van der Waals surface area (Å²) in [6.07, 6.45) is 5.45. The second-order valence-corrected chi connectivity index (χ2v) is 3.57. The van der Waals surface area contributed by atoms with Gasteiger partial charge in [-0.15, -0.1) is 0 Å². The smallest absolute Gasteiger partial charge is 0.328 e. The summed E-state index contributed by atoms with van der Waals surface area (Å²) in [5.41, 5.74) is 1.05. The van der Waals surface area contributed by atoms with Crippen LogP contribution in [0.2, 0.25) is 0 Å². The molecular formula is C12H16N2O2. The molecule has 1 heterocycles. The molecular weight excluding hydrogens is 204 g/mol. The van der Waals surface area contributed by atoms with Gasteiger partial charge in [0.15, 0.2) is 0 Å². The van der Waals surface area contributed by atoms with Crippen molar-refractivity contribution in [2.24, 2.45) is 0 Å². The van der Waals surface area contributed by atoms with E-state index in [1.165, 1.54) is 0 Å². The molecule has 0 spiro atoms. The van der Waals surface area contributed by atoms with E-state index in [9.17, 15) is 4.79 Å². The number of hydrogen-bond acceptors (Lipinski definition) is 3. The molecule has 0 fully saturated rings. The van der Waals surface area contributed by atoms with Crippen molar-refractivity contribution in [3.8, 4) is 0 Å². The van der Waals surface area contributed by atoms with Crippen LogP contribution in [0.1, 0.15) is 5.69 Å². The van der Waals surface area contributed by atoms with Crippen LogP contribution in [-0.2, 0) is 11.2 Å². The largest absolute Gasteiger partial charge is 0.478 e. The number of aliphatic carboxylic acids is 1. The summed E-state index contributed by atoms with van der Waals surface area (Å²) in [6, 6.07) is 5.84. The van der Waals surface area contributed by atoms with Crippen LogP contribution < -0.4 is 0 Å². The Hall–Kier alpha value is -1.68. The number of carboxylic acids is 1. The van der Waals surface area contributed by atoms with Gasteiger partial charge in [0.05, 0.1) is 0 Å². The van der Waals surface area contributed by atoms with Crippen molar-refractivity contribution in [1.82, 2.24) is 9.88 Å². The third-order valence-electron chi connectivity index (χ3n) is 2.15. The third-order valence-corrected chi connectivity index (χ3v) is 2.15. The standard InChI is InChI=1S/C12H16N2O2/c1-14(9-4-6-12(15)16)10-7-11-5-2-3-8-13-11/h2-6,8H,7,9-10H2,1H3,(H,15,16)/b6-4+. The van der Waals surface area contributed by atoms with Gasteiger partial charge in [-0.3, -0.25) is 4.98 Å². The van der Waals surface area contributed by atoms with Crippen molar-refractivity contribution in [2.75, 3.05) is 20.1 Å². The lowest BCUT2D eigenvalue weighted by Crippen LogP contribution is -2.21. The highest BCUT2D eigenvalue weighted by atomic mass is 16.4. The lowest BCUT2D eigenvalue weighted by molar-refractivity contribution is -0.131. The fraction of sp³-hybridized carbons (Fsp3) is 0.333. The first-order valence-corrected chi connectivity index (χ1v) is 5.16. The SMILES string of the molecule is CN(C/C=C/C(=O)O)CCc1ccccn1. The van der Waals surface area contributed by atoms with Crippen LogP contribution in [0.15, 0.2) is 36.5 Å². The van der Waals surface area contributed by atoms with Crippen molar-refractivity contribution in [3.63, 3.8) is 0 Å². The molecule has 0 saturated heterocycles. The summed E-state index contributed by atoms with van der Waals surface area (Å²) >= 11 is 0. The van der Waals surface area contributed by atoms with Gasteiger partial charge in [-0.25, -0.2) is 4.79 Å². The Bertz CT molecular complexity index is 349. The zero-order valence-electron chi connectivity index (χ0n) is 9.34. The summed E-state index contributed by atoms with van der Waals surface area (Å²) < 4.78 is 0. The Morgan fingerprint density at radius 3 is 3.00 bits per heavy atom. The topological polar surface area (TPSA) is 53.4 Å². The summed E-state index contributed by atoms with van der Waals surface area (Å²) in [7, 11) is 1.95. The van der Waals surface area contributed by atoms with Crippen LogP contribution in [0.25, 0.3) is 0 Å². The number of carboxylic acid groups (broad SMARTS) is 1. The van der Waals surface area contributed by atoms with Crippen molar-refractivity contribution in [1.29, 1.82) is 0 Å². The Kier molecular flexibility index (Phi) is 5.22. The molecule has 0 saturated carbocycles. The predicted molar refractivity (Wildman–Crippen MR) is 62.2 cm³/mol. The Labute approximate surface area is 95.2 Å². The summed E-state index contributed by atoms with van der Waals surface area (Å²) in [5, 5.41) is 8.42. The Morgan fingerprint density at radius 1 is 1.56 bits per heavy atom. The van der Waals surface area contributed by atoms with E-state index in [1.807, 2.05) is 30.1 Å². The van der Waals surface area contributed by atoms with Crippen molar-refractivity contribution in [2.45, 2.75) is 6.42 Å². The maximum atomic E-state index is 10.2. The predicted octanol–water partition coefficient (Wildman–Crippen LogP) is 1.20. The molecule has 1 N–H and O–H groups in total. The molecule has 0 aliphatic carbocycles. The molecule has 4 nitrogen and oxygen atoms in total. The number of aromatic nitrogens is 1. The molecule has 0 bridgehead atoms. The average molecular weight is 220 g/mol. The number of nitrogens with zero attached hydrogens (tertiary/aromatic N) is 2. The monoisotopic (exact) mass is 220 g/mol. The normalized spacial score (nSPS) is 11.1. The van der Waals surface area contributed by atoms with Crippen LogP contribution in [0.5, 0.6) is 0 Å². The first-order valence-electron chi connectivity index (χ1n) is 5.16. The summed E-state index contributed by atoms with van der Waals surface area (Å²) in [5.74, 6) is -0.905. The highest BCUT2D eigenvalue weighted by molar-refractivity contribution is 5.79. The minimum absolute atomic E-state index is 0.638. The molecule has 0 aromatic carbocycles. The zero-order chi connectivity index (χ0) is 11.8. The Morgan fingerprint density at radius 2 is 2.38 bits per heavy atom. The van der Waals surface area contributed by atoms with Gasteiger partial charge in [-0.2, -0.15) is 0 Å². The minimum atomic E-state index is -0.905. The second kappa shape index (κ2) is 6.74.